The molecule has 0 aliphatic carbocycles. The lowest BCUT2D eigenvalue weighted by atomic mass is 10.2. The summed E-state index contributed by atoms with van der Waals surface area (Å²) in [7, 11) is 0. The Morgan fingerprint density at radius 1 is 1.38 bits per heavy atom. The third kappa shape index (κ3) is 4.06. The van der Waals surface area contributed by atoms with Gasteiger partial charge in [0.25, 0.3) is 5.91 Å². The lowest BCUT2D eigenvalue weighted by molar-refractivity contribution is 0.102. The van der Waals surface area contributed by atoms with E-state index in [1.807, 2.05) is 13.0 Å². The number of amides is 1. The summed E-state index contributed by atoms with van der Waals surface area (Å²) < 4.78 is 0. The SMILES string of the molecule is Cc1ccc(NC(=O)c2ccc(C#CCN)cn2)cc1Cl. The lowest BCUT2D eigenvalue weighted by Gasteiger charge is -2.06. The van der Waals surface area contributed by atoms with Crippen LogP contribution in [0.4, 0.5) is 5.69 Å². The van der Waals surface area contributed by atoms with Crippen molar-refractivity contribution in [3.8, 4) is 11.8 Å². The molecule has 0 saturated heterocycles. The number of hydrogen-bond acceptors (Lipinski definition) is 3. The maximum atomic E-state index is 12.1. The minimum absolute atomic E-state index is 0.288. The molecule has 3 N–H and O–H groups in total. The van der Waals surface area contributed by atoms with Gasteiger partial charge in [-0.05, 0) is 36.8 Å². The van der Waals surface area contributed by atoms with E-state index in [4.69, 9.17) is 17.3 Å². The number of anilines is 1. The number of aryl methyl sites for hydroxylation is 1. The molecule has 5 heteroatoms. The zero-order chi connectivity index (χ0) is 15.2. The van der Waals surface area contributed by atoms with Crippen molar-refractivity contribution in [1.29, 1.82) is 0 Å². The Morgan fingerprint density at radius 2 is 2.19 bits per heavy atom. The molecule has 2 rings (SSSR count). The predicted octanol–water partition coefficient (Wildman–Crippen LogP) is 2.61. The van der Waals surface area contributed by atoms with Gasteiger partial charge in [-0.15, -0.1) is 0 Å². The normalized spacial score (nSPS) is 9.67. The standard InChI is InChI=1S/C16H14ClN3O/c1-11-4-6-13(9-14(11)17)20-16(21)15-7-5-12(10-19-15)3-2-8-18/h4-7,9-10H,8,18H2,1H3,(H,20,21). The first kappa shape index (κ1) is 15.0. The van der Waals surface area contributed by atoms with E-state index in [1.54, 1.807) is 30.5 Å². The van der Waals surface area contributed by atoms with Gasteiger partial charge in [0.05, 0.1) is 6.54 Å². The van der Waals surface area contributed by atoms with Crippen molar-refractivity contribution in [1.82, 2.24) is 4.98 Å². The topological polar surface area (TPSA) is 68.0 Å². The average Bonchev–Trinajstić information content (AvgIpc) is 2.49. The molecule has 1 aromatic heterocycles. The van der Waals surface area contributed by atoms with Crippen LogP contribution in [0.25, 0.3) is 0 Å². The molecule has 2 aromatic rings. The monoisotopic (exact) mass is 299 g/mol. The van der Waals surface area contributed by atoms with Crippen LogP contribution in [-0.2, 0) is 0 Å². The second-order valence-electron chi connectivity index (χ2n) is 4.36. The number of rotatable bonds is 2. The molecule has 0 fully saturated rings. The molecule has 0 atom stereocenters. The molecule has 4 nitrogen and oxygen atoms in total. The Labute approximate surface area is 128 Å². The Balaban J connectivity index is 2.11. The van der Waals surface area contributed by atoms with E-state index in [1.165, 1.54) is 0 Å². The van der Waals surface area contributed by atoms with Gasteiger partial charge in [-0.1, -0.05) is 29.5 Å². The van der Waals surface area contributed by atoms with Crippen LogP contribution in [0.2, 0.25) is 5.02 Å². The second-order valence-corrected chi connectivity index (χ2v) is 4.76. The Kier molecular flexibility index (Phi) is 4.94. The molecule has 106 valence electrons. The van der Waals surface area contributed by atoms with Gasteiger partial charge in [-0.25, -0.2) is 4.98 Å². The summed E-state index contributed by atoms with van der Waals surface area (Å²) in [6.45, 7) is 2.19. The Hall–Kier alpha value is -2.35. The maximum absolute atomic E-state index is 12.1. The van der Waals surface area contributed by atoms with Crippen molar-refractivity contribution in [2.24, 2.45) is 5.73 Å². The van der Waals surface area contributed by atoms with Crippen LogP contribution in [0.5, 0.6) is 0 Å². The van der Waals surface area contributed by atoms with Crippen molar-refractivity contribution in [3.63, 3.8) is 0 Å². The fourth-order valence-electron chi connectivity index (χ4n) is 1.62. The van der Waals surface area contributed by atoms with Crippen LogP contribution in [0.3, 0.4) is 0 Å². The zero-order valence-corrected chi connectivity index (χ0v) is 12.2. The molecule has 0 unspecified atom stereocenters. The number of hydrogen-bond donors (Lipinski definition) is 2. The van der Waals surface area contributed by atoms with Gasteiger partial charge in [0.1, 0.15) is 5.69 Å². The largest absolute Gasteiger partial charge is 0.321 e. The van der Waals surface area contributed by atoms with E-state index < -0.39 is 0 Å². The maximum Gasteiger partial charge on any atom is 0.274 e. The number of nitrogens with one attached hydrogen (secondary N) is 1. The van der Waals surface area contributed by atoms with Crippen LogP contribution < -0.4 is 11.1 Å². The zero-order valence-electron chi connectivity index (χ0n) is 11.5. The van der Waals surface area contributed by atoms with Crippen LogP contribution >= 0.6 is 11.6 Å². The fraction of sp³-hybridized carbons (Fsp3) is 0.125. The fourth-order valence-corrected chi connectivity index (χ4v) is 1.80. The average molecular weight is 300 g/mol. The molecule has 0 spiro atoms. The molecular formula is C16H14ClN3O. The van der Waals surface area contributed by atoms with Crippen molar-refractivity contribution in [2.45, 2.75) is 6.92 Å². The third-order valence-corrected chi connectivity index (χ3v) is 3.17. The van der Waals surface area contributed by atoms with Gasteiger partial charge in [0, 0.05) is 22.5 Å². The van der Waals surface area contributed by atoms with E-state index in [2.05, 4.69) is 22.1 Å². The molecule has 1 amide bonds. The molecule has 21 heavy (non-hydrogen) atoms. The van der Waals surface area contributed by atoms with Crippen molar-refractivity contribution >= 4 is 23.2 Å². The number of carbonyl (C=O) groups is 1. The van der Waals surface area contributed by atoms with Crippen molar-refractivity contribution in [2.75, 3.05) is 11.9 Å². The highest BCUT2D eigenvalue weighted by molar-refractivity contribution is 6.31. The summed E-state index contributed by atoms with van der Waals surface area (Å²) >= 11 is 6.02. The highest BCUT2D eigenvalue weighted by Crippen LogP contribution is 2.20. The van der Waals surface area contributed by atoms with Crippen LogP contribution in [0.15, 0.2) is 36.5 Å². The minimum atomic E-state index is -0.298. The number of halogens is 1. The first-order valence-corrected chi connectivity index (χ1v) is 6.70. The van der Waals surface area contributed by atoms with Gasteiger partial charge in [-0.3, -0.25) is 4.79 Å². The summed E-state index contributed by atoms with van der Waals surface area (Å²) in [5, 5.41) is 3.35. The van der Waals surface area contributed by atoms with E-state index in [0.29, 0.717) is 16.4 Å². The quantitative estimate of drug-likeness (QED) is 0.838. The van der Waals surface area contributed by atoms with Gasteiger partial charge >= 0.3 is 0 Å². The number of pyridine rings is 1. The third-order valence-electron chi connectivity index (χ3n) is 2.76. The van der Waals surface area contributed by atoms with Gasteiger partial charge in [0.15, 0.2) is 0 Å². The Morgan fingerprint density at radius 3 is 2.81 bits per heavy atom. The van der Waals surface area contributed by atoms with E-state index in [0.717, 1.165) is 11.1 Å². The number of carbonyl (C=O) groups excluding carboxylic acids is 1. The molecule has 0 radical (unpaired) electrons. The minimum Gasteiger partial charge on any atom is -0.321 e. The summed E-state index contributed by atoms with van der Waals surface area (Å²) in [6, 6.07) is 8.69. The van der Waals surface area contributed by atoms with Gasteiger partial charge in [-0.2, -0.15) is 0 Å². The number of nitrogens with zero attached hydrogens (tertiary/aromatic N) is 1. The van der Waals surface area contributed by atoms with Crippen LogP contribution in [0, 0.1) is 18.8 Å². The summed E-state index contributed by atoms with van der Waals surface area (Å²) in [5.74, 6) is 5.28. The van der Waals surface area contributed by atoms with Crippen LogP contribution in [0.1, 0.15) is 21.6 Å². The predicted molar refractivity (Wildman–Crippen MR) is 84.3 cm³/mol. The molecule has 1 aromatic carbocycles. The number of benzene rings is 1. The molecule has 0 aliphatic heterocycles. The van der Waals surface area contributed by atoms with Gasteiger partial charge < -0.3 is 11.1 Å². The summed E-state index contributed by atoms with van der Waals surface area (Å²) in [6.07, 6.45) is 1.54. The van der Waals surface area contributed by atoms with Crippen LogP contribution in [-0.4, -0.2) is 17.4 Å². The van der Waals surface area contributed by atoms with Crippen molar-refractivity contribution < 1.29 is 4.79 Å². The highest BCUT2D eigenvalue weighted by Gasteiger charge is 2.08. The number of nitrogens with two attached hydrogens (primary N) is 1. The molecule has 0 aliphatic rings. The van der Waals surface area contributed by atoms with Gasteiger partial charge in [0.2, 0.25) is 0 Å². The van der Waals surface area contributed by atoms with Crippen molar-refractivity contribution in [3.05, 3.63) is 58.4 Å². The molecule has 0 bridgehead atoms. The molecular weight excluding hydrogens is 286 g/mol. The van der Waals surface area contributed by atoms with E-state index in [9.17, 15) is 4.79 Å². The smallest absolute Gasteiger partial charge is 0.274 e. The van der Waals surface area contributed by atoms with E-state index >= 15 is 0 Å². The molecule has 0 saturated carbocycles. The first-order valence-electron chi connectivity index (χ1n) is 6.32. The highest BCUT2D eigenvalue weighted by atomic mass is 35.5. The molecule has 1 heterocycles. The second kappa shape index (κ2) is 6.89. The van der Waals surface area contributed by atoms with E-state index in [-0.39, 0.29) is 12.5 Å². The number of aromatic nitrogens is 1. The summed E-state index contributed by atoms with van der Waals surface area (Å²) in [5.41, 5.74) is 7.91. The lowest BCUT2D eigenvalue weighted by Crippen LogP contribution is -2.13. The Bertz CT molecular complexity index is 715. The first-order chi connectivity index (χ1) is 10.1. The summed E-state index contributed by atoms with van der Waals surface area (Å²) in [4.78, 5) is 16.1.